The minimum absolute atomic E-state index is 0.138. The van der Waals surface area contributed by atoms with Crippen LogP contribution in [0.5, 0.6) is 5.88 Å². The molecule has 1 amide bonds. The van der Waals surface area contributed by atoms with Gasteiger partial charge in [0.2, 0.25) is 5.88 Å². The van der Waals surface area contributed by atoms with E-state index >= 15 is 0 Å². The molecule has 0 aliphatic carbocycles. The van der Waals surface area contributed by atoms with Crippen molar-refractivity contribution >= 4 is 39.3 Å². The van der Waals surface area contributed by atoms with E-state index in [0.717, 1.165) is 28.1 Å². The molecule has 3 rings (SSSR count). The molecule has 1 aliphatic rings. The van der Waals surface area contributed by atoms with Crippen LogP contribution in [0.1, 0.15) is 16.8 Å². The number of hydrogen-bond donors (Lipinski definition) is 1. The number of hydrogen-bond acceptors (Lipinski definition) is 4. The molecule has 2 aromatic rings. The highest BCUT2D eigenvalue weighted by atomic mass is 79.9. The van der Waals surface area contributed by atoms with Crippen LogP contribution >= 0.6 is 27.7 Å². The van der Waals surface area contributed by atoms with E-state index in [1.165, 1.54) is 0 Å². The maximum Gasteiger partial charge on any atom is 0.261 e. The zero-order valence-electron chi connectivity index (χ0n) is 11.8. The topological polar surface area (TPSA) is 51.2 Å². The summed E-state index contributed by atoms with van der Waals surface area (Å²) >= 11 is 5.23. The molecule has 1 fully saturated rings. The summed E-state index contributed by atoms with van der Waals surface area (Å²) in [6, 6.07) is 10.9. The molecule has 1 aromatic heterocycles. The monoisotopic (exact) mass is 378 g/mol. The summed E-state index contributed by atoms with van der Waals surface area (Å²) in [5.74, 6) is 2.24. The van der Waals surface area contributed by atoms with Crippen LogP contribution in [-0.4, -0.2) is 28.5 Å². The van der Waals surface area contributed by atoms with Gasteiger partial charge in [-0.15, -0.1) is 0 Å². The lowest BCUT2D eigenvalue weighted by Gasteiger charge is -2.14. The second-order valence-corrected chi connectivity index (χ2v) is 6.99. The molecular weight excluding hydrogens is 364 g/mol. The van der Waals surface area contributed by atoms with E-state index in [4.69, 9.17) is 4.74 Å². The number of benzene rings is 1. The number of carbonyl (C=O) groups excluding carboxylic acids is 1. The Morgan fingerprint density at radius 2 is 2.14 bits per heavy atom. The average Bonchev–Trinajstić information content (AvgIpc) is 3.03. The van der Waals surface area contributed by atoms with Crippen molar-refractivity contribution in [3.8, 4) is 5.88 Å². The Morgan fingerprint density at radius 1 is 1.32 bits per heavy atom. The molecule has 0 radical (unpaired) electrons. The van der Waals surface area contributed by atoms with Gasteiger partial charge in [0.15, 0.2) is 0 Å². The van der Waals surface area contributed by atoms with E-state index in [-0.39, 0.29) is 12.0 Å². The lowest BCUT2D eigenvalue weighted by Crippen LogP contribution is -2.20. The molecule has 0 saturated carbocycles. The van der Waals surface area contributed by atoms with E-state index in [2.05, 4.69) is 26.2 Å². The quantitative estimate of drug-likeness (QED) is 0.873. The first kappa shape index (κ1) is 15.4. The van der Waals surface area contributed by atoms with Crippen molar-refractivity contribution < 1.29 is 9.53 Å². The Labute approximate surface area is 141 Å². The number of rotatable bonds is 4. The van der Waals surface area contributed by atoms with Crippen LogP contribution in [0.25, 0.3) is 0 Å². The molecule has 1 aromatic carbocycles. The Bertz CT molecular complexity index is 657. The fraction of sp³-hybridized carbons (Fsp3) is 0.250. The summed E-state index contributed by atoms with van der Waals surface area (Å²) in [7, 11) is 0. The third-order valence-corrected chi connectivity index (χ3v) is 4.94. The highest BCUT2D eigenvalue weighted by Gasteiger charge is 2.21. The zero-order chi connectivity index (χ0) is 15.4. The number of nitrogens with zero attached hydrogens (tertiary/aromatic N) is 1. The van der Waals surface area contributed by atoms with Crippen molar-refractivity contribution in [2.45, 2.75) is 12.5 Å². The Hall–Kier alpha value is -1.53. The Morgan fingerprint density at radius 3 is 2.86 bits per heavy atom. The lowest BCUT2D eigenvalue weighted by molar-refractivity contribution is 0.101. The second kappa shape index (κ2) is 7.15. The zero-order valence-corrected chi connectivity index (χ0v) is 14.2. The van der Waals surface area contributed by atoms with Crippen molar-refractivity contribution in [3.63, 3.8) is 0 Å². The normalized spacial score (nSPS) is 17.2. The summed E-state index contributed by atoms with van der Waals surface area (Å²) in [4.78, 5) is 16.7. The van der Waals surface area contributed by atoms with Crippen molar-refractivity contribution in [1.29, 1.82) is 0 Å². The van der Waals surface area contributed by atoms with Crippen LogP contribution in [0.2, 0.25) is 0 Å². The first-order valence-corrected chi connectivity index (χ1v) is 8.93. The van der Waals surface area contributed by atoms with Crippen LogP contribution in [0.3, 0.4) is 0 Å². The average molecular weight is 379 g/mol. The molecule has 2 heterocycles. The second-order valence-electron chi connectivity index (χ2n) is 4.92. The molecule has 1 N–H and O–H groups in total. The highest BCUT2D eigenvalue weighted by Crippen LogP contribution is 2.25. The maximum absolute atomic E-state index is 12.4. The van der Waals surface area contributed by atoms with Crippen LogP contribution < -0.4 is 10.1 Å². The van der Waals surface area contributed by atoms with Crippen molar-refractivity contribution in [2.24, 2.45) is 0 Å². The number of nitrogens with one attached hydrogen (secondary N) is 1. The van der Waals surface area contributed by atoms with Gasteiger partial charge < -0.3 is 10.1 Å². The fourth-order valence-corrected chi connectivity index (χ4v) is 3.51. The Balaban J connectivity index is 1.75. The first-order chi connectivity index (χ1) is 10.7. The molecule has 4 nitrogen and oxygen atoms in total. The summed E-state index contributed by atoms with van der Waals surface area (Å²) in [6.07, 6.45) is 2.78. The number of anilines is 1. The van der Waals surface area contributed by atoms with Gasteiger partial charge in [-0.05, 0) is 48.6 Å². The van der Waals surface area contributed by atoms with Crippen LogP contribution in [0.15, 0.2) is 47.1 Å². The number of carbonyl (C=O) groups is 1. The van der Waals surface area contributed by atoms with Gasteiger partial charge >= 0.3 is 0 Å². The summed E-state index contributed by atoms with van der Waals surface area (Å²) in [5, 5.41) is 2.87. The minimum atomic E-state index is -0.212. The van der Waals surface area contributed by atoms with Gasteiger partial charge in [-0.3, -0.25) is 4.79 Å². The third-order valence-electron chi connectivity index (χ3n) is 3.28. The molecule has 1 aliphatic heterocycles. The van der Waals surface area contributed by atoms with Crippen LogP contribution in [0.4, 0.5) is 5.69 Å². The maximum atomic E-state index is 12.4. The predicted molar refractivity (Wildman–Crippen MR) is 92.7 cm³/mol. The number of aromatic nitrogens is 1. The van der Waals surface area contributed by atoms with Gasteiger partial charge in [-0.1, -0.05) is 15.9 Å². The molecule has 0 bridgehead atoms. The van der Waals surface area contributed by atoms with E-state index < -0.39 is 0 Å². The summed E-state index contributed by atoms with van der Waals surface area (Å²) < 4.78 is 6.85. The van der Waals surface area contributed by atoms with Gasteiger partial charge in [-0.25, -0.2) is 4.98 Å². The first-order valence-electron chi connectivity index (χ1n) is 6.99. The summed E-state index contributed by atoms with van der Waals surface area (Å²) in [6.45, 7) is 0. The van der Waals surface area contributed by atoms with Gasteiger partial charge in [0.05, 0.1) is 0 Å². The van der Waals surface area contributed by atoms with Gasteiger partial charge in [-0.2, -0.15) is 11.8 Å². The number of halogens is 1. The fourth-order valence-electron chi connectivity index (χ4n) is 2.15. The number of pyridine rings is 1. The van der Waals surface area contributed by atoms with Crippen molar-refractivity contribution in [3.05, 3.63) is 52.6 Å². The molecule has 1 unspecified atom stereocenters. The van der Waals surface area contributed by atoms with Gasteiger partial charge in [0.25, 0.3) is 5.91 Å². The number of ether oxygens (including phenoxy) is 1. The predicted octanol–water partition coefficient (Wildman–Crippen LogP) is 3.98. The molecule has 6 heteroatoms. The smallest absolute Gasteiger partial charge is 0.261 e. The van der Waals surface area contributed by atoms with E-state index in [1.54, 1.807) is 18.3 Å². The largest absolute Gasteiger partial charge is 0.473 e. The minimum Gasteiger partial charge on any atom is -0.473 e. The van der Waals surface area contributed by atoms with Gasteiger partial charge in [0.1, 0.15) is 11.7 Å². The number of thioether (sulfide) groups is 1. The van der Waals surface area contributed by atoms with Crippen LogP contribution in [-0.2, 0) is 0 Å². The SMILES string of the molecule is O=C(Nc1ccc(Br)cc1)c1cccnc1OC1CCSC1. The Kier molecular flexibility index (Phi) is 5.00. The molecule has 1 saturated heterocycles. The summed E-state index contributed by atoms with van der Waals surface area (Å²) in [5.41, 5.74) is 1.20. The third kappa shape index (κ3) is 3.81. The van der Waals surface area contributed by atoms with Gasteiger partial charge in [0, 0.05) is 22.1 Å². The molecular formula is C16H15BrN2O2S. The van der Waals surface area contributed by atoms with E-state index in [1.807, 2.05) is 36.0 Å². The number of amides is 1. The van der Waals surface area contributed by atoms with Crippen LogP contribution in [0, 0.1) is 0 Å². The van der Waals surface area contributed by atoms with E-state index in [0.29, 0.717) is 11.4 Å². The molecule has 114 valence electrons. The van der Waals surface area contributed by atoms with Crippen molar-refractivity contribution in [2.75, 3.05) is 16.8 Å². The lowest BCUT2D eigenvalue weighted by atomic mass is 10.2. The highest BCUT2D eigenvalue weighted by molar-refractivity contribution is 9.10. The molecule has 1 atom stereocenters. The van der Waals surface area contributed by atoms with E-state index in [9.17, 15) is 4.79 Å². The molecule has 22 heavy (non-hydrogen) atoms. The molecule has 0 spiro atoms. The van der Waals surface area contributed by atoms with Crippen molar-refractivity contribution in [1.82, 2.24) is 4.98 Å². The standard InChI is InChI=1S/C16H15BrN2O2S/c17-11-3-5-12(6-4-11)19-15(20)14-2-1-8-18-16(14)21-13-7-9-22-10-13/h1-6,8,13H,7,9-10H2,(H,19,20).